The number of nitrogens with zero attached hydrogens (tertiary/aromatic N) is 3. The van der Waals surface area contributed by atoms with Crippen LogP contribution in [0.1, 0.15) is 25.3 Å². The molecule has 1 saturated heterocycles. The molecule has 5 nitrogen and oxygen atoms in total. The van der Waals surface area contributed by atoms with E-state index in [9.17, 15) is 4.79 Å². The second-order valence-corrected chi connectivity index (χ2v) is 8.94. The molecule has 0 radical (unpaired) electrons. The highest BCUT2D eigenvalue weighted by molar-refractivity contribution is 9.10. The van der Waals surface area contributed by atoms with Crippen molar-refractivity contribution in [1.82, 2.24) is 14.5 Å². The summed E-state index contributed by atoms with van der Waals surface area (Å²) in [5.74, 6) is 0.418. The van der Waals surface area contributed by atoms with Crippen molar-refractivity contribution in [2.45, 2.75) is 25.8 Å². The van der Waals surface area contributed by atoms with Crippen molar-refractivity contribution in [3.05, 3.63) is 93.0 Å². The first-order valence-corrected chi connectivity index (χ1v) is 11.4. The largest absolute Gasteiger partial charge is 0.363 e. The topological polar surface area (TPSA) is 50.2 Å². The van der Waals surface area contributed by atoms with Crippen molar-refractivity contribution in [3.8, 4) is 5.69 Å². The van der Waals surface area contributed by atoms with Gasteiger partial charge in [0.05, 0.1) is 0 Å². The van der Waals surface area contributed by atoms with Gasteiger partial charge in [-0.1, -0.05) is 64.0 Å². The summed E-state index contributed by atoms with van der Waals surface area (Å²) in [4.78, 5) is 19.7. The highest BCUT2D eigenvalue weighted by atomic mass is 79.9. The van der Waals surface area contributed by atoms with E-state index in [1.54, 1.807) is 17.0 Å². The van der Waals surface area contributed by atoms with Gasteiger partial charge < -0.3 is 5.32 Å². The summed E-state index contributed by atoms with van der Waals surface area (Å²) in [6, 6.07) is 18.4. The van der Waals surface area contributed by atoms with E-state index < -0.39 is 0 Å². The van der Waals surface area contributed by atoms with Gasteiger partial charge in [-0.3, -0.25) is 14.3 Å². The molecular formula is C25H27BrN4O. The number of aromatic nitrogens is 2. The quantitative estimate of drug-likeness (QED) is 0.542. The van der Waals surface area contributed by atoms with Gasteiger partial charge in [0.25, 0.3) is 5.56 Å². The minimum atomic E-state index is -0.121. The van der Waals surface area contributed by atoms with E-state index in [1.165, 1.54) is 11.1 Å². The minimum Gasteiger partial charge on any atom is -0.363 e. The SMILES string of the molecule is C/C(=C\c1ccccc1)CN1CCC(Nc2nccn(-c3cccc(Br)c3)c2=O)CC1. The summed E-state index contributed by atoms with van der Waals surface area (Å²) >= 11 is 3.47. The van der Waals surface area contributed by atoms with Crippen LogP contribution in [0.5, 0.6) is 0 Å². The van der Waals surface area contributed by atoms with Gasteiger partial charge in [0, 0.05) is 48.2 Å². The van der Waals surface area contributed by atoms with Crippen LogP contribution in [0.25, 0.3) is 11.8 Å². The maximum atomic E-state index is 12.9. The molecule has 31 heavy (non-hydrogen) atoms. The molecule has 3 aromatic rings. The number of benzene rings is 2. The first-order valence-electron chi connectivity index (χ1n) is 10.6. The van der Waals surface area contributed by atoms with Crippen LogP contribution in [0.4, 0.5) is 5.82 Å². The number of anilines is 1. The van der Waals surface area contributed by atoms with Crippen LogP contribution in [0, 0.1) is 0 Å². The summed E-state index contributed by atoms with van der Waals surface area (Å²) in [7, 11) is 0. The van der Waals surface area contributed by atoms with E-state index in [4.69, 9.17) is 0 Å². The molecule has 2 heterocycles. The molecular weight excluding hydrogens is 452 g/mol. The molecule has 160 valence electrons. The van der Waals surface area contributed by atoms with E-state index in [0.29, 0.717) is 5.82 Å². The summed E-state index contributed by atoms with van der Waals surface area (Å²) < 4.78 is 2.57. The number of hydrogen-bond acceptors (Lipinski definition) is 4. The lowest BCUT2D eigenvalue weighted by Gasteiger charge is -2.32. The van der Waals surface area contributed by atoms with E-state index in [1.807, 2.05) is 30.3 Å². The number of hydrogen-bond donors (Lipinski definition) is 1. The molecule has 4 rings (SSSR count). The van der Waals surface area contributed by atoms with Gasteiger partial charge in [-0.15, -0.1) is 0 Å². The normalized spacial score (nSPS) is 15.7. The molecule has 0 saturated carbocycles. The molecule has 0 amide bonds. The Bertz CT molecular complexity index is 1100. The molecule has 0 bridgehead atoms. The Morgan fingerprint density at radius 3 is 2.68 bits per heavy atom. The van der Waals surface area contributed by atoms with Crippen molar-refractivity contribution in [2.24, 2.45) is 0 Å². The molecule has 1 fully saturated rings. The van der Waals surface area contributed by atoms with Crippen molar-refractivity contribution in [3.63, 3.8) is 0 Å². The monoisotopic (exact) mass is 478 g/mol. The van der Waals surface area contributed by atoms with Gasteiger partial charge in [-0.05, 0) is 43.5 Å². The average molecular weight is 479 g/mol. The molecule has 0 spiro atoms. The van der Waals surface area contributed by atoms with Crippen molar-refractivity contribution >= 4 is 27.8 Å². The molecule has 6 heteroatoms. The van der Waals surface area contributed by atoms with Crippen LogP contribution in [0.2, 0.25) is 0 Å². The van der Waals surface area contributed by atoms with Gasteiger partial charge in [-0.2, -0.15) is 0 Å². The lowest BCUT2D eigenvalue weighted by molar-refractivity contribution is 0.236. The van der Waals surface area contributed by atoms with E-state index in [-0.39, 0.29) is 11.6 Å². The Morgan fingerprint density at radius 1 is 1.16 bits per heavy atom. The Hall–Kier alpha value is -2.70. The van der Waals surface area contributed by atoms with Crippen LogP contribution in [0.15, 0.2) is 81.8 Å². The highest BCUT2D eigenvalue weighted by Crippen LogP contribution is 2.17. The van der Waals surface area contributed by atoms with Gasteiger partial charge in [0.15, 0.2) is 5.82 Å². The number of likely N-dealkylation sites (tertiary alicyclic amines) is 1. The molecule has 1 aliphatic heterocycles. The Kier molecular flexibility index (Phi) is 6.99. The molecule has 2 aromatic carbocycles. The lowest BCUT2D eigenvalue weighted by atomic mass is 10.0. The van der Waals surface area contributed by atoms with Crippen molar-refractivity contribution in [2.75, 3.05) is 25.0 Å². The predicted molar refractivity (Wildman–Crippen MR) is 131 cm³/mol. The maximum Gasteiger partial charge on any atom is 0.297 e. The standard InChI is InChI=1S/C25H27BrN4O/c1-19(16-20-6-3-2-4-7-20)18-29-13-10-22(11-14-29)28-24-25(31)30(15-12-27-24)23-9-5-8-21(26)17-23/h2-9,12,15-17,22H,10-11,13-14,18H2,1H3,(H,27,28)/b19-16+. The minimum absolute atomic E-state index is 0.121. The fourth-order valence-corrected chi connectivity index (χ4v) is 4.39. The summed E-state index contributed by atoms with van der Waals surface area (Å²) in [6.07, 6.45) is 7.62. The maximum absolute atomic E-state index is 12.9. The van der Waals surface area contributed by atoms with Crippen LogP contribution in [-0.4, -0.2) is 40.1 Å². The molecule has 1 N–H and O–H groups in total. The zero-order chi connectivity index (χ0) is 21.6. The molecule has 1 aliphatic rings. The summed E-state index contributed by atoms with van der Waals surface area (Å²) in [5.41, 5.74) is 3.30. The summed E-state index contributed by atoms with van der Waals surface area (Å²) in [6.45, 7) is 5.17. The first kappa shape index (κ1) is 21.5. The second-order valence-electron chi connectivity index (χ2n) is 8.03. The van der Waals surface area contributed by atoms with Gasteiger partial charge in [-0.25, -0.2) is 4.98 Å². The third kappa shape index (κ3) is 5.71. The van der Waals surface area contributed by atoms with E-state index in [0.717, 1.165) is 42.6 Å². The fraction of sp³-hybridized carbons (Fsp3) is 0.280. The number of rotatable bonds is 6. The van der Waals surface area contributed by atoms with Crippen LogP contribution >= 0.6 is 15.9 Å². The number of nitrogens with one attached hydrogen (secondary N) is 1. The number of piperidine rings is 1. The number of halogens is 1. The molecule has 0 aliphatic carbocycles. The predicted octanol–water partition coefficient (Wildman–Crippen LogP) is 4.97. The van der Waals surface area contributed by atoms with Gasteiger partial charge in [0.1, 0.15) is 0 Å². The zero-order valence-electron chi connectivity index (χ0n) is 17.7. The Balaban J connectivity index is 1.36. The molecule has 0 unspecified atom stereocenters. The van der Waals surface area contributed by atoms with Crippen molar-refractivity contribution < 1.29 is 0 Å². The van der Waals surface area contributed by atoms with E-state index in [2.05, 4.69) is 68.4 Å². The van der Waals surface area contributed by atoms with Gasteiger partial charge >= 0.3 is 0 Å². The lowest BCUT2D eigenvalue weighted by Crippen LogP contribution is -2.41. The van der Waals surface area contributed by atoms with Crippen LogP contribution in [0.3, 0.4) is 0 Å². The fourth-order valence-electron chi connectivity index (χ4n) is 4.00. The third-order valence-corrected chi connectivity index (χ3v) is 6.03. The first-order chi connectivity index (χ1) is 15.1. The molecule has 0 atom stereocenters. The Labute approximate surface area is 191 Å². The third-order valence-electron chi connectivity index (χ3n) is 5.54. The van der Waals surface area contributed by atoms with E-state index >= 15 is 0 Å². The zero-order valence-corrected chi connectivity index (χ0v) is 19.3. The van der Waals surface area contributed by atoms with Crippen LogP contribution in [-0.2, 0) is 0 Å². The molecule has 1 aromatic heterocycles. The Morgan fingerprint density at radius 2 is 1.94 bits per heavy atom. The van der Waals surface area contributed by atoms with Gasteiger partial charge in [0.2, 0.25) is 0 Å². The smallest absolute Gasteiger partial charge is 0.297 e. The van der Waals surface area contributed by atoms with Crippen molar-refractivity contribution in [1.29, 1.82) is 0 Å². The van der Waals surface area contributed by atoms with Crippen LogP contribution < -0.4 is 10.9 Å². The second kappa shape index (κ2) is 10.1. The average Bonchev–Trinajstić information content (AvgIpc) is 2.77. The summed E-state index contributed by atoms with van der Waals surface area (Å²) in [5, 5.41) is 3.39. The highest BCUT2D eigenvalue weighted by Gasteiger charge is 2.20.